The Morgan fingerprint density at radius 1 is 1.21 bits per heavy atom. The summed E-state index contributed by atoms with van der Waals surface area (Å²) in [5.41, 5.74) is 0.381. The van der Waals surface area contributed by atoms with Crippen molar-refractivity contribution in [2.75, 3.05) is 27.7 Å². The maximum Gasteiger partial charge on any atom is 0.243 e. The average molecular weight is 281 g/mol. The van der Waals surface area contributed by atoms with Gasteiger partial charge >= 0.3 is 0 Å². The second kappa shape index (κ2) is 5.82. The standard InChI is InChI=1S/C12H15N3O3S/c1-14(2)12(16)9-15(3)19(17,18)11-6-4-10(8-13)5-7-11/h4-7H,9H2,1-3H3. The van der Waals surface area contributed by atoms with Crippen molar-refractivity contribution >= 4 is 15.9 Å². The predicted molar refractivity (Wildman–Crippen MR) is 69.7 cm³/mol. The van der Waals surface area contributed by atoms with Gasteiger partial charge in [-0.3, -0.25) is 4.79 Å². The van der Waals surface area contributed by atoms with Gasteiger partial charge in [0.25, 0.3) is 0 Å². The van der Waals surface area contributed by atoms with E-state index in [-0.39, 0.29) is 17.3 Å². The van der Waals surface area contributed by atoms with Crippen LogP contribution in [0.25, 0.3) is 0 Å². The number of carbonyl (C=O) groups is 1. The second-order valence-electron chi connectivity index (χ2n) is 4.19. The molecule has 0 fully saturated rings. The highest BCUT2D eigenvalue weighted by atomic mass is 32.2. The first kappa shape index (κ1) is 15.1. The van der Waals surface area contributed by atoms with E-state index in [1.54, 1.807) is 14.1 Å². The zero-order valence-corrected chi connectivity index (χ0v) is 11.8. The highest BCUT2D eigenvalue weighted by Gasteiger charge is 2.23. The van der Waals surface area contributed by atoms with E-state index in [0.29, 0.717) is 5.56 Å². The molecule has 0 radical (unpaired) electrons. The number of sulfonamides is 1. The van der Waals surface area contributed by atoms with Crippen LogP contribution >= 0.6 is 0 Å². The van der Waals surface area contributed by atoms with Crippen LogP contribution in [0.5, 0.6) is 0 Å². The minimum atomic E-state index is -3.72. The first-order valence-electron chi connectivity index (χ1n) is 5.45. The molecule has 6 nitrogen and oxygen atoms in total. The van der Waals surface area contributed by atoms with E-state index < -0.39 is 10.0 Å². The Bertz CT molecular complexity index is 600. The second-order valence-corrected chi connectivity index (χ2v) is 6.23. The van der Waals surface area contributed by atoms with E-state index in [1.165, 1.54) is 36.2 Å². The monoisotopic (exact) mass is 281 g/mol. The molecule has 7 heteroatoms. The van der Waals surface area contributed by atoms with Gasteiger partial charge in [-0.1, -0.05) is 0 Å². The van der Waals surface area contributed by atoms with E-state index >= 15 is 0 Å². The summed E-state index contributed by atoms with van der Waals surface area (Å²) >= 11 is 0. The number of nitrogens with zero attached hydrogens (tertiary/aromatic N) is 3. The third-order valence-corrected chi connectivity index (χ3v) is 4.37. The van der Waals surface area contributed by atoms with Crippen molar-refractivity contribution in [2.45, 2.75) is 4.90 Å². The Labute approximate surface area is 112 Å². The molecule has 0 unspecified atom stereocenters. The van der Waals surface area contributed by atoms with Crippen LogP contribution in [0.4, 0.5) is 0 Å². The van der Waals surface area contributed by atoms with Crippen molar-refractivity contribution in [3.8, 4) is 6.07 Å². The fourth-order valence-electron chi connectivity index (χ4n) is 1.30. The molecule has 0 spiro atoms. The fourth-order valence-corrected chi connectivity index (χ4v) is 2.42. The summed E-state index contributed by atoms with van der Waals surface area (Å²) in [6, 6.07) is 7.47. The molecule has 0 heterocycles. The Hall–Kier alpha value is -1.91. The lowest BCUT2D eigenvalue weighted by molar-refractivity contribution is -0.128. The minimum Gasteiger partial charge on any atom is -0.348 e. The molecule has 0 aliphatic rings. The van der Waals surface area contributed by atoms with Gasteiger partial charge in [0.1, 0.15) is 0 Å². The lowest BCUT2D eigenvalue weighted by Crippen LogP contribution is -2.37. The zero-order chi connectivity index (χ0) is 14.6. The molecule has 102 valence electrons. The lowest BCUT2D eigenvalue weighted by Gasteiger charge is -2.19. The van der Waals surface area contributed by atoms with Gasteiger partial charge < -0.3 is 4.90 Å². The van der Waals surface area contributed by atoms with Gasteiger partial charge in [-0.05, 0) is 24.3 Å². The molecular formula is C12H15N3O3S. The number of likely N-dealkylation sites (N-methyl/N-ethyl adjacent to an activating group) is 2. The van der Waals surface area contributed by atoms with E-state index in [0.717, 1.165) is 4.31 Å². The summed E-state index contributed by atoms with van der Waals surface area (Å²) in [4.78, 5) is 12.9. The summed E-state index contributed by atoms with van der Waals surface area (Å²) in [6.07, 6.45) is 0. The highest BCUT2D eigenvalue weighted by molar-refractivity contribution is 7.89. The molecule has 0 atom stereocenters. The third-order valence-electron chi connectivity index (χ3n) is 2.55. The Kier molecular flexibility index (Phi) is 4.64. The summed E-state index contributed by atoms with van der Waals surface area (Å²) < 4.78 is 25.3. The van der Waals surface area contributed by atoms with Crippen molar-refractivity contribution in [3.05, 3.63) is 29.8 Å². The summed E-state index contributed by atoms with van der Waals surface area (Å²) in [6.45, 7) is -0.227. The molecule has 19 heavy (non-hydrogen) atoms. The maximum atomic E-state index is 12.2. The van der Waals surface area contributed by atoms with Gasteiger partial charge in [-0.15, -0.1) is 0 Å². The predicted octanol–water partition coefficient (Wildman–Crippen LogP) is 0.267. The van der Waals surface area contributed by atoms with Crippen LogP contribution in [0.3, 0.4) is 0 Å². The van der Waals surface area contributed by atoms with Gasteiger partial charge in [0.2, 0.25) is 15.9 Å². The van der Waals surface area contributed by atoms with Crippen LogP contribution in [0.1, 0.15) is 5.56 Å². The molecule has 0 N–H and O–H groups in total. The fraction of sp³-hybridized carbons (Fsp3) is 0.333. The van der Waals surface area contributed by atoms with Crippen molar-refractivity contribution in [1.29, 1.82) is 5.26 Å². The molecule has 0 saturated carbocycles. The van der Waals surface area contributed by atoms with E-state index in [1.807, 2.05) is 6.07 Å². The van der Waals surface area contributed by atoms with Gasteiger partial charge in [0.05, 0.1) is 23.1 Å². The maximum absolute atomic E-state index is 12.2. The highest BCUT2D eigenvalue weighted by Crippen LogP contribution is 2.14. The van der Waals surface area contributed by atoms with Crippen molar-refractivity contribution < 1.29 is 13.2 Å². The Morgan fingerprint density at radius 3 is 2.16 bits per heavy atom. The van der Waals surface area contributed by atoms with E-state index in [4.69, 9.17) is 5.26 Å². The van der Waals surface area contributed by atoms with Crippen LogP contribution in [0, 0.1) is 11.3 Å². The van der Waals surface area contributed by atoms with E-state index in [2.05, 4.69) is 0 Å². The molecule has 0 aromatic heterocycles. The van der Waals surface area contributed by atoms with Crippen LogP contribution in [0.2, 0.25) is 0 Å². The van der Waals surface area contributed by atoms with Crippen LogP contribution in [0.15, 0.2) is 29.2 Å². The lowest BCUT2D eigenvalue weighted by atomic mass is 10.2. The van der Waals surface area contributed by atoms with Gasteiger partial charge in [0.15, 0.2) is 0 Å². The summed E-state index contributed by atoms with van der Waals surface area (Å²) in [7, 11) is 0.746. The number of benzene rings is 1. The SMILES string of the molecule is CN(C)C(=O)CN(C)S(=O)(=O)c1ccc(C#N)cc1. The average Bonchev–Trinajstić information content (AvgIpc) is 2.38. The quantitative estimate of drug-likeness (QED) is 0.793. The molecular weight excluding hydrogens is 266 g/mol. The molecule has 1 rings (SSSR count). The number of amides is 1. The van der Waals surface area contributed by atoms with Crippen molar-refractivity contribution in [2.24, 2.45) is 0 Å². The van der Waals surface area contributed by atoms with Crippen LogP contribution in [-0.2, 0) is 14.8 Å². The number of nitriles is 1. The summed E-state index contributed by atoms with van der Waals surface area (Å²) in [5.74, 6) is -0.306. The first-order chi connectivity index (χ1) is 8.78. The largest absolute Gasteiger partial charge is 0.348 e. The number of hydrogen-bond donors (Lipinski definition) is 0. The van der Waals surface area contributed by atoms with Crippen LogP contribution < -0.4 is 0 Å². The number of carbonyl (C=O) groups excluding carboxylic acids is 1. The van der Waals surface area contributed by atoms with Gasteiger partial charge in [-0.2, -0.15) is 9.57 Å². The smallest absolute Gasteiger partial charge is 0.243 e. The molecule has 1 aromatic carbocycles. The molecule has 0 aliphatic carbocycles. The normalized spacial score (nSPS) is 11.1. The third kappa shape index (κ3) is 3.53. The Balaban J connectivity index is 2.97. The molecule has 0 aliphatic heterocycles. The van der Waals surface area contributed by atoms with Crippen LogP contribution in [-0.4, -0.2) is 51.2 Å². The molecule has 0 bridgehead atoms. The molecule has 0 saturated heterocycles. The zero-order valence-electron chi connectivity index (χ0n) is 11.0. The Morgan fingerprint density at radius 2 is 1.74 bits per heavy atom. The van der Waals surface area contributed by atoms with Crippen molar-refractivity contribution in [3.63, 3.8) is 0 Å². The first-order valence-corrected chi connectivity index (χ1v) is 6.89. The van der Waals surface area contributed by atoms with Gasteiger partial charge in [-0.25, -0.2) is 8.42 Å². The molecule has 1 aromatic rings. The topological polar surface area (TPSA) is 81.5 Å². The van der Waals surface area contributed by atoms with E-state index in [9.17, 15) is 13.2 Å². The number of hydrogen-bond acceptors (Lipinski definition) is 4. The molecule has 1 amide bonds. The summed E-state index contributed by atoms with van der Waals surface area (Å²) in [5, 5.41) is 8.66. The van der Waals surface area contributed by atoms with Gasteiger partial charge in [0, 0.05) is 21.1 Å². The van der Waals surface area contributed by atoms with Crippen molar-refractivity contribution in [1.82, 2.24) is 9.21 Å². The minimum absolute atomic E-state index is 0.0561. The number of rotatable bonds is 4.